The predicted molar refractivity (Wildman–Crippen MR) is 83.5 cm³/mol. The minimum absolute atomic E-state index is 0.0274. The molecule has 22 heavy (non-hydrogen) atoms. The molecule has 1 aliphatic rings. The number of hydrogen-bond acceptors (Lipinski definition) is 4. The fraction of sp³-hybridized carbons (Fsp3) is 0.286. The topological polar surface area (TPSA) is 68.6 Å². The standard InChI is InChI=1S/C14H15ClFN3O2S/c1-10-9-19(22(20)21)5-4-11(10)6-14(15)18-8-13-3-2-12(16)7-17-13/h2-4,6-8,10H,5,9H2,1H3,(H,20,21)/p-1/t10-/m0/s1. The van der Waals surface area contributed by atoms with E-state index in [0.717, 1.165) is 11.8 Å². The lowest BCUT2D eigenvalue weighted by Crippen LogP contribution is -2.34. The summed E-state index contributed by atoms with van der Waals surface area (Å²) in [5.41, 5.74) is 1.42. The number of halogens is 2. The Balaban J connectivity index is 2.05. The molecule has 2 heterocycles. The van der Waals surface area contributed by atoms with E-state index in [-0.39, 0.29) is 11.1 Å². The van der Waals surface area contributed by atoms with Crippen molar-refractivity contribution in [1.29, 1.82) is 0 Å². The van der Waals surface area contributed by atoms with Gasteiger partial charge in [0.15, 0.2) is 0 Å². The summed E-state index contributed by atoms with van der Waals surface area (Å²) in [6.45, 7) is 2.64. The molecule has 2 atom stereocenters. The Bertz CT molecular complexity index is 646. The Hall–Kier alpha value is -1.41. The number of hydrogen-bond donors (Lipinski definition) is 0. The van der Waals surface area contributed by atoms with Crippen LogP contribution in [0.25, 0.3) is 0 Å². The Morgan fingerprint density at radius 1 is 1.64 bits per heavy atom. The maximum Gasteiger partial charge on any atom is 0.141 e. The summed E-state index contributed by atoms with van der Waals surface area (Å²) in [5, 5.41) is 0.251. The number of nitrogens with zero attached hydrogens (tertiary/aromatic N) is 3. The highest BCUT2D eigenvalue weighted by Crippen LogP contribution is 2.22. The Kier molecular flexibility index (Phi) is 5.96. The zero-order valence-electron chi connectivity index (χ0n) is 11.8. The van der Waals surface area contributed by atoms with Crippen LogP contribution in [0.15, 0.2) is 46.2 Å². The molecule has 5 nitrogen and oxygen atoms in total. The van der Waals surface area contributed by atoms with E-state index in [4.69, 9.17) is 11.6 Å². The summed E-state index contributed by atoms with van der Waals surface area (Å²) in [6.07, 6.45) is 6.03. The molecule has 0 aromatic carbocycles. The van der Waals surface area contributed by atoms with E-state index in [1.165, 1.54) is 22.7 Å². The van der Waals surface area contributed by atoms with Gasteiger partial charge in [0.2, 0.25) is 0 Å². The Labute approximate surface area is 135 Å². The molecule has 0 bridgehead atoms. The maximum absolute atomic E-state index is 12.7. The molecule has 0 spiro atoms. The second kappa shape index (κ2) is 7.73. The van der Waals surface area contributed by atoms with Crippen LogP contribution < -0.4 is 0 Å². The quantitative estimate of drug-likeness (QED) is 0.479. The summed E-state index contributed by atoms with van der Waals surface area (Å²) in [5.74, 6) is -0.389. The van der Waals surface area contributed by atoms with Crippen molar-refractivity contribution in [2.24, 2.45) is 10.9 Å². The molecule has 0 fully saturated rings. The monoisotopic (exact) mass is 342 g/mol. The molecule has 0 saturated carbocycles. The number of allylic oxidation sites excluding steroid dienone is 1. The minimum atomic E-state index is -2.21. The minimum Gasteiger partial charge on any atom is -0.760 e. The van der Waals surface area contributed by atoms with Gasteiger partial charge >= 0.3 is 0 Å². The number of aliphatic imine (C=N–C) groups is 1. The summed E-state index contributed by atoms with van der Waals surface area (Å²) in [7, 11) is 0. The molecular formula is C14H14ClFN3O2S-. The number of aromatic nitrogens is 1. The van der Waals surface area contributed by atoms with Gasteiger partial charge in [-0.15, -0.1) is 0 Å². The Morgan fingerprint density at radius 2 is 2.41 bits per heavy atom. The molecule has 1 aliphatic heterocycles. The molecule has 2 rings (SSSR count). The first-order valence-corrected chi connectivity index (χ1v) is 7.94. The number of pyridine rings is 1. The molecule has 0 aliphatic carbocycles. The van der Waals surface area contributed by atoms with Crippen molar-refractivity contribution >= 4 is 29.1 Å². The second-order valence-corrected chi connectivity index (χ2v) is 6.13. The molecule has 0 amide bonds. The second-order valence-electron chi connectivity index (χ2n) is 4.80. The van der Waals surface area contributed by atoms with Gasteiger partial charge in [-0.3, -0.25) is 9.19 Å². The lowest BCUT2D eigenvalue weighted by Gasteiger charge is -2.30. The molecule has 1 aromatic heterocycles. The fourth-order valence-corrected chi connectivity index (χ4v) is 2.70. The van der Waals surface area contributed by atoms with Crippen LogP contribution in [-0.4, -0.2) is 37.4 Å². The molecular weight excluding hydrogens is 329 g/mol. The molecule has 118 valence electrons. The molecule has 8 heteroatoms. The van der Waals surface area contributed by atoms with Crippen LogP contribution in [0.4, 0.5) is 4.39 Å². The van der Waals surface area contributed by atoms with Crippen molar-refractivity contribution < 1.29 is 13.2 Å². The van der Waals surface area contributed by atoms with E-state index < -0.39 is 17.1 Å². The smallest absolute Gasteiger partial charge is 0.141 e. The summed E-state index contributed by atoms with van der Waals surface area (Å²) >= 11 is 3.83. The van der Waals surface area contributed by atoms with Crippen LogP contribution in [0.3, 0.4) is 0 Å². The van der Waals surface area contributed by atoms with E-state index in [2.05, 4.69) is 9.98 Å². The summed E-state index contributed by atoms with van der Waals surface area (Å²) < 4.78 is 35.9. The van der Waals surface area contributed by atoms with E-state index in [1.807, 2.05) is 6.92 Å². The largest absolute Gasteiger partial charge is 0.760 e. The van der Waals surface area contributed by atoms with Gasteiger partial charge < -0.3 is 4.55 Å². The van der Waals surface area contributed by atoms with Gasteiger partial charge in [-0.2, -0.15) is 0 Å². The maximum atomic E-state index is 12.7. The molecule has 1 unspecified atom stereocenters. The zero-order chi connectivity index (χ0) is 16.1. The van der Waals surface area contributed by atoms with Gasteiger partial charge in [0.1, 0.15) is 11.0 Å². The van der Waals surface area contributed by atoms with Gasteiger partial charge in [-0.25, -0.2) is 13.7 Å². The first kappa shape index (κ1) is 17.0. The van der Waals surface area contributed by atoms with Crippen LogP contribution in [-0.2, 0) is 11.3 Å². The van der Waals surface area contributed by atoms with Gasteiger partial charge in [-0.05, 0) is 29.7 Å². The van der Waals surface area contributed by atoms with E-state index in [1.54, 1.807) is 12.2 Å². The van der Waals surface area contributed by atoms with Crippen LogP contribution >= 0.6 is 11.6 Å². The average molecular weight is 343 g/mol. The summed E-state index contributed by atoms with van der Waals surface area (Å²) in [6, 6.07) is 2.78. The zero-order valence-corrected chi connectivity index (χ0v) is 13.4. The number of rotatable bonds is 4. The molecule has 0 N–H and O–H groups in total. The molecule has 0 radical (unpaired) electrons. The Morgan fingerprint density at radius 3 is 3.00 bits per heavy atom. The van der Waals surface area contributed by atoms with Crippen molar-refractivity contribution in [2.75, 3.05) is 13.1 Å². The first-order valence-electron chi connectivity index (χ1n) is 6.53. The van der Waals surface area contributed by atoms with Gasteiger partial charge in [0.25, 0.3) is 0 Å². The van der Waals surface area contributed by atoms with Gasteiger partial charge in [-0.1, -0.05) is 24.6 Å². The van der Waals surface area contributed by atoms with Crippen LogP contribution in [0.2, 0.25) is 0 Å². The lowest BCUT2D eigenvalue weighted by molar-refractivity contribution is 0.368. The van der Waals surface area contributed by atoms with Crippen molar-refractivity contribution in [2.45, 2.75) is 6.92 Å². The average Bonchev–Trinajstić information content (AvgIpc) is 2.48. The van der Waals surface area contributed by atoms with E-state index >= 15 is 0 Å². The normalized spacial score (nSPS) is 21.9. The first-order chi connectivity index (χ1) is 10.5. The van der Waals surface area contributed by atoms with Crippen molar-refractivity contribution in [1.82, 2.24) is 9.29 Å². The molecule has 0 saturated heterocycles. The van der Waals surface area contributed by atoms with Crippen LogP contribution in [0.5, 0.6) is 0 Å². The third-order valence-corrected chi connectivity index (χ3v) is 4.07. The van der Waals surface area contributed by atoms with E-state index in [0.29, 0.717) is 18.8 Å². The predicted octanol–water partition coefficient (Wildman–Crippen LogP) is 2.39. The van der Waals surface area contributed by atoms with Gasteiger partial charge in [0.05, 0.1) is 18.1 Å². The SMILES string of the molecule is C[C@H]1CN(S(=O)[O-])CC=C1C=C(Cl)N=Cc1ccc(F)cn1. The highest BCUT2D eigenvalue weighted by Gasteiger charge is 2.18. The third kappa shape index (κ3) is 4.81. The van der Waals surface area contributed by atoms with E-state index in [9.17, 15) is 13.2 Å². The highest BCUT2D eigenvalue weighted by molar-refractivity contribution is 7.76. The van der Waals surface area contributed by atoms with Gasteiger partial charge in [0, 0.05) is 24.4 Å². The lowest BCUT2D eigenvalue weighted by atomic mass is 9.98. The van der Waals surface area contributed by atoms with Crippen LogP contribution in [0, 0.1) is 11.7 Å². The third-order valence-electron chi connectivity index (χ3n) is 3.14. The highest BCUT2D eigenvalue weighted by atomic mass is 35.5. The van der Waals surface area contributed by atoms with Crippen molar-refractivity contribution in [3.05, 3.63) is 52.7 Å². The van der Waals surface area contributed by atoms with Crippen LogP contribution in [0.1, 0.15) is 12.6 Å². The van der Waals surface area contributed by atoms with Crippen molar-refractivity contribution in [3.8, 4) is 0 Å². The molecule has 1 aromatic rings. The fourth-order valence-electron chi connectivity index (χ4n) is 1.98. The van der Waals surface area contributed by atoms with Crippen molar-refractivity contribution in [3.63, 3.8) is 0 Å². The summed E-state index contributed by atoms with van der Waals surface area (Å²) in [4.78, 5) is 7.89.